The number of likely N-dealkylation sites (N-methyl/N-ethyl adjacent to an activating group) is 1. The van der Waals surface area contributed by atoms with E-state index in [4.69, 9.17) is 5.73 Å². The van der Waals surface area contributed by atoms with Crippen LogP contribution in [0.2, 0.25) is 0 Å². The predicted molar refractivity (Wildman–Crippen MR) is 80.2 cm³/mol. The molecule has 0 amide bonds. The smallest absolute Gasteiger partial charge is 0.0355 e. The van der Waals surface area contributed by atoms with E-state index in [0.29, 0.717) is 12.1 Å². The van der Waals surface area contributed by atoms with Crippen molar-refractivity contribution < 1.29 is 0 Å². The van der Waals surface area contributed by atoms with Gasteiger partial charge in [0, 0.05) is 37.4 Å². The molecule has 0 aromatic heterocycles. The van der Waals surface area contributed by atoms with Gasteiger partial charge >= 0.3 is 0 Å². The molecule has 1 fully saturated rings. The molecule has 0 bridgehead atoms. The van der Waals surface area contributed by atoms with E-state index in [9.17, 15) is 0 Å². The Balaban J connectivity index is 1.76. The van der Waals surface area contributed by atoms with Crippen molar-refractivity contribution in [3.63, 3.8) is 0 Å². The molecule has 0 spiro atoms. The molecule has 3 nitrogen and oxygen atoms in total. The minimum atomic E-state index is 0.622. The highest BCUT2D eigenvalue weighted by Gasteiger charge is 2.32. The number of nitrogens with zero attached hydrogens (tertiary/aromatic N) is 2. The highest BCUT2D eigenvalue weighted by atomic mass is 15.3. The molecule has 1 aliphatic carbocycles. The Kier molecular flexibility index (Phi) is 3.50. The van der Waals surface area contributed by atoms with Gasteiger partial charge in [-0.05, 0) is 49.6 Å². The second kappa shape index (κ2) is 5.14. The Hall–Kier alpha value is -1.06. The average Bonchev–Trinajstić information content (AvgIpc) is 2.81. The van der Waals surface area contributed by atoms with E-state index in [1.165, 1.54) is 50.1 Å². The average molecular weight is 259 g/mol. The standard InChI is InChI=1S/C16H25N3/c1-3-18-8-9-19(11-12(18)2)16-7-4-13-10-14(17)5-6-15(13)16/h5-6,10,12,16H,3-4,7-9,11,17H2,1-2H3. The second-order valence-electron chi connectivity index (χ2n) is 5.99. The highest BCUT2D eigenvalue weighted by molar-refractivity contribution is 5.47. The van der Waals surface area contributed by atoms with Crippen molar-refractivity contribution in [2.24, 2.45) is 0 Å². The number of piperazine rings is 1. The van der Waals surface area contributed by atoms with E-state index >= 15 is 0 Å². The summed E-state index contributed by atoms with van der Waals surface area (Å²) in [6, 6.07) is 7.77. The van der Waals surface area contributed by atoms with Crippen LogP contribution in [0, 0.1) is 0 Å². The fraction of sp³-hybridized carbons (Fsp3) is 0.625. The quantitative estimate of drug-likeness (QED) is 0.827. The molecule has 19 heavy (non-hydrogen) atoms. The molecule has 3 rings (SSSR count). The van der Waals surface area contributed by atoms with E-state index in [2.05, 4.69) is 41.8 Å². The molecule has 0 saturated carbocycles. The van der Waals surface area contributed by atoms with Crippen molar-refractivity contribution in [2.45, 2.75) is 38.8 Å². The Bertz CT molecular complexity index is 457. The van der Waals surface area contributed by atoms with Crippen molar-refractivity contribution in [3.8, 4) is 0 Å². The summed E-state index contributed by atoms with van der Waals surface area (Å²) in [4.78, 5) is 5.26. The van der Waals surface area contributed by atoms with Crippen LogP contribution in [-0.2, 0) is 6.42 Å². The van der Waals surface area contributed by atoms with Gasteiger partial charge in [-0.2, -0.15) is 0 Å². The number of benzene rings is 1. The first-order valence-electron chi connectivity index (χ1n) is 7.55. The van der Waals surface area contributed by atoms with E-state index < -0.39 is 0 Å². The minimum absolute atomic E-state index is 0.622. The van der Waals surface area contributed by atoms with Crippen molar-refractivity contribution in [1.29, 1.82) is 0 Å². The van der Waals surface area contributed by atoms with E-state index in [1.54, 1.807) is 0 Å². The summed E-state index contributed by atoms with van der Waals surface area (Å²) in [6.07, 6.45) is 2.45. The molecular weight excluding hydrogens is 234 g/mol. The molecule has 2 atom stereocenters. The van der Waals surface area contributed by atoms with Crippen LogP contribution in [-0.4, -0.2) is 42.0 Å². The number of anilines is 1. The molecule has 1 heterocycles. The van der Waals surface area contributed by atoms with Gasteiger partial charge in [0.25, 0.3) is 0 Å². The lowest BCUT2D eigenvalue weighted by atomic mass is 10.0. The van der Waals surface area contributed by atoms with Crippen LogP contribution < -0.4 is 5.73 Å². The molecule has 1 aromatic rings. The summed E-state index contributed by atoms with van der Waals surface area (Å²) in [5.74, 6) is 0. The fourth-order valence-corrected chi connectivity index (χ4v) is 3.77. The third kappa shape index (κ3) is 2.37. The molecule has 1 aliphatic heterocycles. The maximum atomic E-state index is 5.89. The van der Waals surface area contributed by atoms with Gasteiger partial charge in [0.15, 0.2) is 0 Å². The van der Waals surface area contributed by atoms with Crippen LogP contribution in [0.3, 0.4) is 0 Å². The highest BCUT2D eigenvalue weighted by Crippen LogP contribution is 2.37. The molecule has 104 valence electrons. The zero-order valence-electron chi connectivity index (χ0n) is 12.1. The van der Waals surface area contributed by atoms with Crippen molar-refractivity contribution in [3.05, 3.63) is 29.3 Å². The number of nitrogen functional groups attached to an aromatic ring is 1. The summed E-state index contributed by atoms with van der Waals surface area (Å²) in [7, 11) is 0. The number of aryl methyl sites for hydroxylation is 1. The van der Waals surface area contributed by atoms with Crippen LogP contribution in [0.5, 0.6) is 0 Å². The lowest BCUT2D eigenvalue weighted by Gasteiger charge is -2.42. The van der Waals surface area contributed by atoms with Crippen LogP contribution >= 0.6 is 0 Å². The Morgan fingerprint density at radius 2 is 2.16 bits per heavy atom. The zero-order valence-corrected chi connectivity index (χ0v) is 12.1. The van der Waals surface area contributed by atoms with Gasteiger partial charge < -0.3 is 5.73 Å². The topological polar surface area (TPSA) is 32.5 Å². The Labute approximate surface area is 116 Å². The van der Waals surface area contributed by atoms with Crippen LogP contribution in [0.15, 0.2) is 18.2 Å². The molecule has 0 radical (unpaired) electrons. The SMILES string of the molecule is CCN1CCN(C2CCc3cc(N)ccc32)CC1C. The number of hydrogen-bond donors (Lipinski definition) is 1. The lowest BCUT2D eigenvalue weighted by molar-refractivity contribution is 0.0587. The molecular formula is C16H25N3. The molecule has 2 N–H and O–H groups in total. The van der Waals surface area contributed by atoms with Gasteiger partial charge in [-0.15, -0.1) is 0 Å². The monoisotopic (exact) mass is 259 g/mol. The first-order valence-corrected chi connectivity index (χ1v) is 7.55. The van der Waals surface area contributed by atoms with Gasteiger partial charge in [-0.25, -0.2) is 0 Å². The van der Waals surface area contributed by atoms with Crippen molar-refractivity contribution >= 4 is 5.69 Å². The molecule has 2 aliphatic rings. The van der Waals surface area contributed by atoms with Gasteiger partial charge in [0.05, 0.1) is 0 Å². The summed E-state index contributed by atoms with van der Waals surface area (Å²) in [6.45, 7) is 9.40. The molecule has 1 saturated heterocycles. The first-order chi connectivity index (χ1) is 9.19. The van der Waals surface area contributed by atoms with Crippen LogP contribution in [0.1, 0.15) is 37.4 Å². The van der Waals surface area contributed by atoms with Crippen LogP contribution in [0.4, 0.5) is 5.69 Å². The van der Waals surface area contributed by atoms with Gasteiger partial charge in [-0.3, -0.25) is 9.80 Å². The summed E-state index contributed by atoms with van der Waals surface area (Å²) in [5, 5.41) is 0. The van der Waals surface area contributed by atoms with E-state index in [0.717, 1.165) is 5.69 Å². The summed E-state index contributed by atoms with van der Waals surface area (Å²) < 4.78 is 0. The van der Waals surface area contributed by atoms with Crippen LogP contribution in [0.25, 0.3) is 0 Å². The van der Waals surface area contributed by atoms with Crippen molar-refractivity contribution in [2.75, 3.05) is 31.9 Å². The minimum Gasteiger partial charge on any atom is -0.399 e. The van der Waals surface area contributed by atoms with Gasteiger partial charge in [0.2, 0.25) is 0 Å². The number of fused-ring (bicyclic) bond motifs is 1. The Morgan fingerprint density at radius 3 is 2.89 bits per heavy atom. The van der Waals surface area contributed by atoms with Crippen molar-refractivity contribution in [1.82, 2.24) is 9.80 Å². The molecule has 2 unspecified atom stereocenters. The summed E-state index contributed by atoms with van der Waals surface area (Å²) >= 11 is 0. The first kappa shape index (κ1) is 12.9. The molecule has 3 heteroatoms. The normalized spacial score (nSPS) is 28.5. The number of nitrogens with two attached hydrogens (primary N) is 1. The Morgan fingerprint density at radius 1 is 1.32 bits per heavy atom. The third-order valence-corrected chi connectivity index (χ3v) is 4.86. The van der Waals surface area contributed by atoms with Gasteiger partial charge in [-0.1, -0.05) is 13.0 Å². The number of hydrogen-bond acceptors (Lipinski definition) is 3. The fourth-order valence-electron chi connectivity index (χ4n) is 3.77. The largest absolute Gasteiger partial charge is 0.399 e. The van der Waals surface area contributed by atoms with Gasteiger partial charge in [0.1, 0.15) is 0 Å². The number of rotatable bonds is 2. The maximum absolute atomic E-state index is 5.89. The summed E-state index contributed by atoms with van der Waals surface area (Å²) in [5.41, 5.74) is 9.79. The third-order valence-electron chi connectivity index (χ3n) is 4.86. The predicted octanol–water partition coefficient (Wildman–Crippen LogP) is 2.28. The molecule has 1 aromatic carbocycles. The van der Waals surface area contributed by atoms with E-state index in [-0.39, 0.29) is 0 Å². The lowest BCUT2D eigenvalue weighted by Crippen LogP contribution is -2.52. The zero-order chi connectivity index (χ0) is 13.4. The second-order valence-corrected chi connectivity index (χ2v) is 5.99. The van der Waals surface area contributed by atoms with E-state index in [1.807, 2.05) is 0 Å². The maximum Gasteiger partial charge on any atom is 0.0355 e.